The van der Waals surface area contributed by atoms with Crippen LogP contribution in [-0.2, 0) is 16.2 Å². The second-order valence-electron chi connectivity index (χ2n) is 9.01. The highest BCUT2D eigenvalue weighted by molar-refractivity contribution is 6.39. The summed E-state index contributed by atoms with van der Waals surface area (Å²) < 4.78 is 20.9. The monoisotopic (exact) mass is 543 g/mol. The number of aryl methyl sites for hydroxylation is 1. The Balaban J connectivity index is 1.39. The van der Waals surface area contributed by atoms with Crippen LogP contribution >= 0.6 is 11.6 Å². The van der Waals surface area contributed by atoms with Gasteiger partial charge in [0.25, 0.3) is 11.8 Å². The van der Waals surface area contributed by atoms with Gasteiger partial charge in [0.05, 0.1) is 5.69 Å². The van der Waals surface area contributed by atoms with Gasteiger partial charge in [0.15, 0.2) is 0 Å². The first-order valence-corrected chi connectivity index (χ1v) is 12.4. The summed E-state index contributed by atoms with van der Waals surface area (Å²) in [6.07, 6.45) is 1.49. The molecule has 9 heteroatoms. The van der Waals surface area contributed by atoms with Crippen LogP contribution in [-0.4, -0.2) is 22.4 Å². The van der Waals surface area contributed by atoms with E-state index in [1.165, 1.54) is 30.3 Å². The number of carbonyl (C=O) groups excluding carboxylic acids is 3. The molecule has 0 radical (unpaired) electrons. The van der Waals surface area contributed by atoms with Crippen molar-refractivity contribution < 1.29 is 23.5 Å². The minimum absolute atomic E-state index is 0.158. The number of nitrogens with zero attached hydrogens (tertiary/aromatic N) is 2. The SMILES string of the molecule is Cc1cc(/C=C2\C(=O)NC(=O)N(c3ccc(Cl)cc3)C2=O)c(C)n1-c1ccc(OCc2ccc(F)cc2)cc1. The smallest absolute Gasteiger partial charge is 0.335 e. The number of hydrogen-bond acceptors (Lipinski definition) is 4. The number of halogens is 2. The molecule has 0 bridgehead atoms. The summed E-state index contributed by atoms with van der Waals surface area (Å²) in [6.45, 7) is 4.11. The summed E-state index contributed by atoms with van der Waals surface area (Å²) in [5.41, 5.74) is 4.20. The molecule has 39 heavy (non-hydrogen) atoms. The highest BCUT2D eigenvalue weighted by Gasteiger charge is 2.37. The third-order valence-corrected chi connectivity index (χ3v) is 6.62. The average molecular weight is 544 g/mol. The number of barbiturate groups is 1. The number of urea groups is 1. The lowest BCUT2D eigenvalue weighted by atomic mass is 10.1. The summed E-state index contributed by atoms with van der Waals surface area (Å²) >= 11 is 5.93. The van der Waals surface area contributed by atoms with Gasteiger partial charge in [-0.05, 0) is 97.8 Å². The van der Waals surface area contributed by atoms with E-state index in [1.807, 2.05) is 48.7 Å². The number of nitrogens with one attached hydrogen (secondary N) is 1. The first-order chi connectivity index (χ1) is 18.7. The van der Waals surface area contributed by atoms with Crippen molar-refractivity contribution in [3.8, 4) is 11.4 Å². The van der Waals surface area contributed by atoms with Crippen molar-refractivity contribution in [3.63, 3.8) is 0 Å². The van der Waals surface area contributed by atoms with E-state index < -0.39 is 17.8 Å². The topological polar surface area (TPSA) is 80.6 Å². The quantitative estimate of drug-likeness (QED) is 0.234. The van der Waals surface area contributed by atoms with E-state index in [1.54, 1.807) is 24.3 Å². The second kappa shape index (κ2) is 10.6. The lowest BCUT2D eigenvalue weighted by Crippen LogP contribution is -2.54. The zero-order chi connectivity index (χ0) is 27.7. The first kappa shape index (κ1) is 25.9. The fraction of sp³-hybridized carbons (Fsp3) is 0.100. The van der Waals surface area contributed by atoms with Crippen molar-refractivity contribution in [2.75, 3.05) is 4.90 Å². The van der Waals surface area contributed by atoms with Crippen LogP contribution in [0.3, 0.4) is 0 Å². The molecule has 1 saturated heterocycles. The van der Waals surface area contributed by atoms with Crippen LogP contribution in [0.5, 0.6) is 5.75 Å². The second-order valence-corrected chi connectivity index (χ2v) is 9.44. The molecule has 1 fully saturated rings. The third kappa shape index (κ3) is 5.32. The van der Waals surface area contributed by atoms with Crippen LogP contribution in [0, 0.1) is 19.7 Å². The van der Waals surface area contributed by atoms with Crippen molar-refractivity contribution >= 4 is 41.2 Å². The molecule has 2 heterocycles. The number of carbonyl (C=O) groups is 3. The zero-order valence-electron chi connectivity index (χ0n) is 21.1. The van der Waals surface area contributed by atoms with Gasteiger partial charge in [-0.1, -0.05) is 23.7 Å². The number of rotatable bonds is 6. The van der Waals surface area contributed by atoms with E-state index in [0.717, 1.165) is 27.5 Å². The van der Waals surface area contributed by atoms with Gasteiger partial charge in [-0.3, -0.25) is 14.9 Å². The maximum Gasteiger partial charge on any atom is 0.335 e. The predicted octanol–water partition coefficient (Wildman–Crippen LogP) is 6.13. The van der Waals surface area contributed by atoms with Crippen LogP contribution in [0.2, 0.25) is 5.02 Å². The Morgan fingerprint density at radius 1 is 0.897 bits per heavy atom. The van der Waals surface area contributed by atoms with Crippen molar-refractivity contribution in [1.29, 1.82) is 0 Å². The lowest BCUT2D eigenvalue weighted by Gasteiger charge is -2.26. The molecule has 0 saturated carbocycles. The van der Waals surface area contributed by atoms with Crippen molar-refractivity contribution in [3.05, 3.63) is 118 Å². The van der Waals surface area contributed by atoms with E-state index in [2.05, 4.69) is 5.32 Å². The van der Waals surface area contributed by atoms with Gasteiger partial charge in [-0.25, -0.2) is 14.1 Å². The first-order valence-electron chi connectivity index (χ1n) is 12.0. The highest BCUT2D eigenvalue weighted by Crippen LogP contribution is 2.27. The molecule has 4 amide bonds. The van der Waals surface area contributed by atoms with E-state index in [0.29, 0.717) is 28.6 Å². The maximum absolute atomic E-state index is 13.2. The van der Waals surface area contributed by atoms with Gasteiger partial charge in [-0.2, -0.15) is 0 Å². The van der Waals surface area contributed by atoms with Crippen LogP contribution < -0.4 is 15.0 Å². The number of benzene rings is 3. The minimum Gasteiger partial charge on any atom is -0.489 e. The molecule has 1 aliphatic rings. The number of hydrogen-bond donors (Lipinski definition) is 1. The number of aromatic nitrogens is 1. The van der Waals surface area contributed by atoms with E-state index >= 15 is 0 Å². The summed E-state index contributed by atoms with van der Waals surface area (Å²) in [5, 5.41) is 2.69. The van der Waals surface area contributed by atoms with Gasteiger partial charge >= 0.3 is 6.03 Å². The Morgan fingerprint density at radius 2 is 1.54 bits per heavy atom. The zero-order valence-corrected chi connectivity index (χ0v) is 21.8. The highest BCUT2D eigenvalue weighted by atomic mass is 35.5. The molecule has 1 N–H and O–H groups in total. The molecule has 5 rings (SSSR count). The van der Waals surface area contributed by atoms with Gasteiger partial charge < -0.3 is 9.30 Å². The number of ether oxygens (including phenoxy) is 1. The minimum atomic E-state index is -0.823. The van der Waals surface area contributed by atoms with Crippen LogP contribution in [0.25, 0.3) is 11.8 Å². The largest absolute Gasteiger partial charge is 0.489 e. The van der Waals surface area contributed by atoms with Gasteiger partial charge in [0.2, 0.25) is 0 Å². The average Bonchev–Trinajstić information content (AvgIpc) is 3.20. The molecule has 1 aromatic heterocycles. The van der Waals surface area contributed by atoms with Gasteiger partial charge in [0.1, 0.15) is 23.7 Å². The van der Waals surface area contributed by atoms with Gasteiger partial charge in [-0.15, -0.1) is 0 Å². The standard InChI is InChI=1S/C30H23ClFN3O4/c1-18-15-21(16-27-28(36)33-30(38)35(29(27)37)25-9-5-22(31)6-10-25)19(2)34(18)24-11-13-26(14-12-24)39-17-20-3-7-23(32)8-4-20/h3-16H,17H2,1-2H3,(H,33,36,38)/b27-16+. The van der Waals surface area contributed by atoms with E-state index in [9.17, 15) is 18.8 Å². The number of anilines is 1. The Labute approximate surface area is 229 Å². The summed E-state index contributed by atoms with van der Waals surface area (Å²) in [4.78, 5) is 39.2. The Hall–Kier alpha value is -4.69. The predicted molar refractivity (Wildman–Crippen MR) is 146 cm³/mol. The molecule has 0 unspecified atom stereocenters. The van der Waals surface area contributed by atoms with Crippen LogP contribution in [0.1, 0.15) is 22.5 Å². The molecular weight excluding hydrogens is 521 g/mol. The Kier molecular flexibility index (Phi) is 7.04. The molecule has 196 valence electrons. The van der Waals surface area contributed by atoms with Crippen molar-refractivity contribution in [2.24, 2.45) is 0 Å². The molecule has 0 aliphatic carbocycles. The fourth-order valence-corrected chi connectivity index (χ4v) is 4.53. The Morgan fingerprint density at radius 3 is 2.21 bits per heavy atom. The maximum atomic E-state index is 13.2. The molecule has 3 aromatic carbocycles. The molecule has 0 spiro atoms. The molecule has 1 aliphatic heterocycles. The summed E-state index contributed by atoms with van der Waals surface area (Å²) in [6, 6.07) is 20.8. The van der Waals surface area contributed by atoms with Crippen molar-refractivity contribution in [2.45, 2.75) is 20.5 Å². The van der Waals surface area contributed by atoms with Gasteiger partial charge in [0, 0.05) is 22.1 Å². The molecular formula is C30H23ClFN3O4. The Bertz CT molecular complexity index is 1610. The van der Waals surface area contributed by atoms with Crippen LogP contribution in [0.15, 0.2) is 84.4 Å². The summed E-state index contributed by atoms with van der Waals surface area (Å²) in [7, 11) is 0. The van der Waals surface area contributed by atoms with Crippen molar-refractivity contribution in [1.82, 2.24) is 9.88 Å². The molecule has 4 aromatic rings. The summed E-state index contributed by atoms with van der Waals surface area (Å²) in [5.74, 6) is -1.12. The number of imide groups is 2. The number of amides is 4. The normalized spacial score (nSPS) is 14.6. The van der Waals surface area contributed by atoms with E-state index in [4.69, 9.17) is 16.3 Å². The lowest BCUT2D eigenvalue weighted by molar-refractivity contribution is -0.122. The van der Waals surface area contributed by atoms with Crippen LogP contribution in [0.4, 0.5) is 14.9 Å². The fourth-order valence-electron chi connectivity index (χ4n) is 4.41. The molecule has 7 nitrogen and oxygen atoms in total. The van der Waals surface area contributed by atoms with E-state index in [-0.39, 0.29) is 11.4 Å². The molecule has 0 atom stereocenters. The third-order valence-electron chi connectivity index (χ3n) is 6.37.